The van der Waals surface area contributed by atoms with E-state index in [4.69, 9.17) is 17.0 Å². The lowest BCUT2D eigenvalue weighted by atomic mass is 9.96. The molecule has 1 aliphatic rings. The van der Waals surface area contributed by atoms with Crippen LogP contribution in [0.5, 0.6) is 0 Å². The molecule has 1 saturated heterocycles. The lowest BCUT2D eigenvalue weighted by Gasteiger charge is -2.10. The zero-order valence-corrected chi connectivity index (χ0v) is 6.49. The maximum absolute atomic E-state index is 5.21. The van der Waals surface area contributed by atoms with E-state index in [0.29, 0.717) is 11.8 Å². The average Bonchev–Trinajstić information content (AvgIpc) is 2.37. The number of ether oxygens (including phenoxy) is 1. The predicted molar refractivity (Wildman–Crippen MR) is 41.7 cm³/mol. The maximum atomic E-state index is 5.21. The van der Waals surface area contributed by atoms with Crippen molar-refractivity contribution in [1.82, 2.24) is 0 Å². The molecule has 1 nitrogen and oxygen atoms in total. The molecule has 2 unspecified atom stereocenters. The number of hydrogen-bond donors (Lipinski definition) is 0. The van der Waals surface area contributed by atoms with Gasteiger partial charge in [-0.3, -0.25) is 0 Å². The molecular formula is C7H12OS. The summed E-state index contributed by atoms with van der Waals surface area (Å²) in [6.07, 6.45) is 1.19. The Balaban J connectivity index is 2.32. The quantitative estimate of drug-likeness (QED) is 0.545. The standard InChI is InChI=1S/C7H12OS/c1-6(5-9)7-2-3-8-4-7/h5-7H,2-4H2,1H3. The molecule has 0 N–H and O–H groups in total. The number of thiocarbonyl (C=S) groups is 1. The fourth-order valence-corrected chi connectivity index (χ4v) is 1.30. The van der Waals surface area contributed by atoms with Crippen LogP contribution in [0.25, 0.3) is 0 Å². The Hall–Kier alpha value is 0.0500. The van der Waals surface area contributed by atoms with E-state index >= 15 is 0 Å². The van der Waals surface area contributed by atoms with E-state index in [0.717, 1.165) is 13.2 Å². The van der Waals surface area contributed by atoms with Crippen molar-refractivity contribution in [1.29, 1.82) is 0 Å². The van der Waals surface area contributed by atoms with Crippen LogP contribution in [-0.2, 0) is 4.74 Å². The Morgan fingerprint density at radius 3 is 3.00 bits per heavy atom. The summed E-state index contributed by atoms with van der Waals surface area (Å²) in [5, 5.41) is 1.85. The van der Waals surface area contributed by atoms with E-state index in [1.54, 1.807) is 0 Å². The third kappa shape index (κ3) is 1.73. The van der Waals surface area contributed by atoms with Crippen LogP contribution in [0.4, 0.5) is 0 Å². The van der Waals surface area contributed by atoms with Crippen molar-refractivity contribution >= 4 is 17.6 Å². The van der Waals surface area contributed by atoms with Crippen LogP contribution in [0.1, 0.15) is 13.3 Å². The summed E-state index contributed by atoms with van der Waals surface area (Å²) in [6.45, 7) is 4.00. The Labute approximate surface area is 61.4 Å². The van der Waals surface area contributed by atoms with E-state index in [1.165, 1.54) is 6.42 Å². The third-order valence-electron chi connectivity index (χ3n) is 1.92. The van der Waals surface area contributed by atoms with Crippen LogP contribution in [0.15, 0.2) is 0 Å². The normalized spacial score (nSPS) is 30.1. The van der Waals surface area contributed by atoms with Gasteiger partial charge in [0, 0.05) is 6.61 Å². The van der Waals surface area contributed by atoms with Crippen molar-refractivity contribution in [2.45, 2.75) is 13.3 Å². The fourth-order valence-electron chi connectivity index (χ4n) is 1.08. The maximum Gasteiger partial charge on any atom is 0.0500 e. The Bertz CT molecular complexity index is 97.1. The summed E-state index contributed by atoms with van der Waals surface area (Å²) in [7, 11) is 0. The molecule has 1 aliphatic heterocycles. The monoisotopic (exact) mass is 144 g/mol. The van der Waals surface area contributed by atoms with Gasteiger partial charge in [-0.1, -0.05) is 19.1 Å². The molecule has 0 aromatic carbocycles. The number of hydrogen-bond acceptors (Lipinski definition) is 2. The minimum Gasteiger partial charge on any atom is -0.381 e. The van der Waals surface area contributed by atoms with Crippen LogP contribution in [0.2, 0.25) is 0 Å². The van der Waals surface area contributed by atoms with Crippen molar-refractivity contribution in [2.75, 3.05) is 13.2 Å². The van der Waals surface area contributed by atoms with Crippen molar-refractivity contribution in [3.05, 3.63) is 0 Å². The number of rotatable bonds is 2. The topological polar surface area (TPSA) is 9.23 Å². The minimum absolute atomic E-state index is 0.558. The molecule has 0 bridgehead atoms. The third-order valence-corrected chi connectivity index (χ3v) is 2.35. The van der Waals surface area contributed by atoms with Gasteiger partial charge in [0.05, 0.1) is 6.61 Å². The molecule has 0 aliphatic carbocycles. The second kappa shape index (κ2) is 3.28. The van der Waals surface area contributed by atoms with Crippen molar-refractivity contribution < 1.29 is 4.74 Å². The van der Waals surface area contributed by atoms with Gasteiger partial charge in [0.15, 0.2) is 0 Å². The second-order valence-electron chi connectivity index (χ2n) is 2.62. The van der Waals surface area contributed by atoms with Gasteiger partial charge in [0.25, 0.3) is 0 Å². The summed E-state index contributed by atoms with van der Waals surface area (Å²) < 4.78 is 5.21. The van der Waals surface area contributed by atoms with Crippen LogP contribution in [0, 0.1) is 11.8 Å². The summed E-state index contributed by atoms with van der Waals surface area (Å²) in [5.74, 6) is 1.25. The summed E-state index contributed by atoms with van der Waals surface area (Å²) in [4.78, 5) is 0. The lowest BCUT2D eigenvalue weighted by Crippen LogP contribution is -2.11. The lowest BCUT2D eigenvalue weighted by molar-refractivity contribution is 0.181. The van der Waals surface area contributed by atoms with Gasteiger partial charge in [-0.15, -0.1) is 0 Å². The average molecular weight is 144 g/mol. The van der Waals surface area contributed by atoms with Gasteiger partial charge in [-0.25, -0.2) is 0 Å². The second-order valence-corrected chi connectivity index (χ2v) is 2.89. The Morgan fingerprint density at radius 2 is 2.56 bits per heavy atom. The summed E-state index contributed by atoms with van der Waals surface area (Å²) >= 11 is 4.83. The zero-order valence-electron chi connectivity index (χ0n) is 5.67. The first kappa shape index (κ1) is 7.16. The molecule has 1 rings (SSSR count). The highest BCUT2D eigenvalue weighted by Gasteiger charge is 2.19. The van der Waals surface area contributed by atoms with Crippen LogP contribution in [0.3, 0.4) is 0 Å². The van der Waals surface area contributed by atoms with Gasteiger partial charge >= 0.3 is 0 Å². The SMILES string of the molecule is CC(C=S)C1CCOC1. The zero-order chi connectivity index (χ0) is 6.69. The predicted octanol–water partition coefficient (Wildman–Crippen LogP) is 1.66. The molecule has 0 aromatic rings. The van der Waals surface area contributed by atoms with Crippen molar-refractivity contribution in [3.63, 3.8) is 0 Å². The highest BCUT2D eigenvalue weighted by molar-refractivity contribution is 7.79. The fraction of sp³-hybridized carbons (Fsp3) is 0.857. The van der Waals surface area contributed by atoms with Crippen LogP contribution >= 0.6 is 12.2 Å². The van der Waals surface area contributed by atoms with E-state index in [9.17, 15) is 0 Å². The molecule has 52 valence electrons. The van der Waals surface area contributed by atoms with Gasteiger partial charge < -0.3 is 4.74 Å². The smallest absolute Gasteiger partial charge is 0.0500 e. The van der Waals surface area contributed by atoms with Gasteiger partial charge in [0.1, 0.15) is 0 Å². The first-order valence-electron chi connectivity index (χ1n) is 3.37. The molecule has 9 heavy (non-hydrogen) atoms. The molecule has 1 heterocycles. The summed E-state index contributed by atoms with van der Waals surface area (Å²) in [5.41, 5.74) is 0. The largest absolute Gasteiger partial charge is 0.381 e. The van der Waals surface area contributed by atoms with Gasteiger partial charge in [-0.05, 0) is 23.6 Å². The van der Waals surface area contributed by atoms with E-state index < -0.39 is 0 Å². The molecule has 2 atom stereocenters. The molecule has 2 heteroatoms. The van der Waals surface area contributed by atoms with Crippen LogP contribution in [-0.4, -0.2) is 18.6 Å². The molecular weight excluding hydrogens is 132 g/mol. The highest BCUT2D eigenvalue weighted by atomic mass is 32.1. The molecule has 0 radical (unpaired) electrons. The molecule has 0 amide bonds. The van der Waals surface area contributed by atoms with E-state index in [1.807, 2.05) is 5.37 Å². The molecule has 0 saturated carbocycles. The van der Waals surface area contributed by atoms with Gasteiger partial charge in [-0.2, -0.15) is 0 Å². The first-order chi connectivity index (χ1) is 4.34. The van der Waals surface area contributed by atoms with Crippen molar-refractivity contribution in [2.24, 2.45) is 11.8 Å². The molecule has 1 fully saturated rings. The molecule has 0 aromatic heterocycles. The Kier molecular flexibility index (Phi) is 2.61. The first-order valence-corrected chi connectivity index (χ1v) is 3.84. The van der Waals surface area contributed by atoms with E-state index in [-0.39, 0.29) is 0 Å². The molecule has 0 spiro atoms. The van der Waals surface area contributed by atoms with Crippen molar-refractivity contribution in [3.8, 4) is 0 Å². The van der Waals surface area contributed by atoms with Gasteiger partial charge in [0.2, 0.25) is 0 Å². The highest BCUT2D eigenvalue weighted by Crippen LogP contribution is 2.19. The Morgan fingerprint density at radius 1 is 1.78 bits per heavy atom. The summed E-state index contributed by atoms with van der Waals surface area (Å²) in [6, 6.07) is 0. The minimum atomic E-state index is 0.558. The van der Waals surface area contributed by atoms with Crippen LogP contribution < -0.4 is 0 Å². The van der Waals surface area contributed by atoms with E-state index in [2.05, 4.69) is 6.92 Å².